The number of ether oxygens (including phenoxy) is 2. The number of carbonyl (C=O) groups excluding carboxylic acids is 2. The molecule has 117 valence electrons. The molecule has 1 N–H and O–H groups in total. The predicted molar refractivity (Wildman–Crippen MR) is 81.7 cm³/mol. The van der Waals surface area contributed by atoms with Crippen LogP contribution in [0.1, 0.15) is 17.3 Å². The molecular formula is C17H16O5Y. The van der Waals surface area contributed by atoms with Gasteiger partial charge in [-0.15, -0.1) is 0 Å². The number of rotatable bonds is 5. The van der Waals surface area contributed by atoms with Crippen molar-refractivity contribution in [3.05, 3.63) is 54.1 Å². The number of benzene rings is 2. The zero-order chi connectivity index (χ0) is 16.1. The summed E-state index contributed by atoms with van der Waals surface area (Å²) in [5.41, 5.74) is 0.688. The van der Waals surface area contributed by atoms with E-state index in [-0.39, 0.29) is 51.7 Å². The van der Waals surface area contributed by atoms with Crippen molar-refractivity contribution >= 4 is 22.7 Å². The molecule has 0 aliphatic rings. The second-order valence-electron chi connectivity index (χ2n) is 4.80. The van der Waals surface area contributed by atoms with E-state index in [1.165, 1.54) is 0 Å². The molecule has 0 amide bonds. The summed E-state index contributed by atoms with van der Waals surface area (Å²) in [5, 5.41) is 11.0. The van der Waals surface area contributed by atoms with Gasteiger partial charge in [0, 0.05) is 38.3 Å². The first-order valence-electron chi connectivity index (χ1n) is 6.70. The summed E-state index contributed by atoms with van der Waals surface area (Å²) < 4.78 is 9.87. The summed E-state index contributed by atoms with van der Waals surface area (Å²) in [6.07, 6.45) is 0. The van der Waals surface area contributed by atoms with Gasteiger partial charge in [-0.25, -0.2) is 9.59 Å². The number of fused-ring (bicyclic) bond motifs is 1. The molecule has 0 saturated carbocycles. The molecule has 1 radical (unpaired) electrons. The van der Waals surface area contributed by atoms with Gasteiger partial charge in [-0.3, -0.25) is 0 Å². The van der Waals surface area contributed by atoms with Crippen LogP contribution in [0.25, 0.3) is 10.8 Å². The number of hydrogen-bond donors (Lipinski definition) is 1. The molecule has 6 heteroatoms. The molecule has 5 nitrogen and oxygen atoms in total. The Morgan fingerprint density at radius 2 is 1.65 bits per heavy atom. The number of phenolic OH excluding ortho intramolecular Hbond substituents is 1. The maximum atomic E-state index is 11.9. The summed E-state index contributed by atoms with van der Waals surface area (Å²) in [4.78, 5) is 23.1. The van der Waals surface area contributed by atoms with E-state index in [1.807, 2.05) is 0 Å². The molecule has 0 saturated heterocycles. The molecule has 23 heavy (non-hydrogen) atoms. The predicted octanol–water partition coefficient (Wildman–Crippen LogP) is 2.82. The molecule has 2 aromatic carbocycles. The van der Waals surface area contributed by atoms with E-state index >= 15 is 0 Å². The molecule has 0 aliphatic carbocycles. The van der Waals surface area contributed by atoms with Crippen molar-refractivity contribution < 1.29 is 56.9 Å². The van der Waals surface area contributed by atoms with Gasteiger partial charge >= 0.3 is 11.9 Å². The van der Waals surface area contributed by atoms with Crippen molar-refractivity contribution in [1.82, 2.24) is 0 Å². The molecule has 0 unspecified atom stereocenters. The Hall–Kier alpha value is -1.72. The van der Waals surface area contributed by atoms with Gasteiger partial charge in [0.2, 0.25) is 0 Å². The first-order valence-corrected chi connectivity index (χ1v) is 6.70. The van der Waals surface area contributed by atoms with Gasteiger partial charge < -0.3 is 14.6 Å². The van der Waals surface area contributed by atoms with E-state index in [0.29, 0.717) is 11.1 Å². The maximum Gasteiger partial charge on any atom is 0.338 e. The topological polar surface area (TPSA) is 72.8 Å². The Bertz CT molecular complexity index is 739. The fourth-order valence-electron chi connectivity index (χ4n) is 1.84. The largest absolute Gasteiger partial charge is 0.508 e. The van der Waals surface area contributed by atoms with Crippen LogP contribution >= 0.6 is 0 Å². The average molecular weight is 389 g/mol. The van der Waals surface area contributed by atoms with Crippen LogP contribution in [0.2, 0.25) is 0 Å². The van der Waals surface area contributed by atoms with Crippen molar-refractivity contribution in [3.63, 3.8) is 0 Å². The minimum Gasteiger partial charge on any atom is -0.508 e. The Morgan fingerprint density at radius 1 is 1.04 bits per heavy atom. The van der Waals surface area contributed by atoms with Gasteiger partial charge in [-0.1, -0.05) is 18.7 Å². The molecule has 0 fully saturated rings. The van der Waals surface area contributed by atoms with Crippen LogP contribution < -0.4 is 0 Å². The zero-order valence-corrected chi connectivity index (χ0v) is 15.6. The Morgan fingerprint density at radius 3 is 2.35 bits per heavy atom. The van der Waals surface area contributed by atoms with E-state index in [9.17, 15) is 14.7 Å². The van der Waals surface area contributed by atoms with Gasteiger partial charge in [0.15, 0.2) is 0 Å². The van der Waals surface area contributed by atoms with Crippen LogP contribution in [0.4, 0.5) is 0 Å². The Kier molecular flexibility index (Phi) is 7.39. The third-order valence-corrected chi connectivity index (χ3v) is 2.96. The van der Waals surface area contributed by atoms with Crippen LogP contribution in [-0.2, 0) is 47.0 Å². The summed E-state index contributed by atoms with van der Waals surface area (Å²) in [7, 11) is 0. The smallest absolute Gasteiger partial charge is 0.338 e. The number of hydrogen-bond acceptors (Lipinski definition) is 5. The third kappa shape index (κ3) is 5.45. The van der Waals surface area contributed by atoms with Crippen molar-refractivity contribution in [3.8, 4) is 5.75 Å². The van der Waals surface area contributed by atoms with Crippen LogP contribution in [0.5, 0.6) is 5.75 Å². The van der Waals surface area contributed by atoms with Crippen molar-refractivity contribution in [1.29, 1.82) is 0 Å². The monoisotopic (exact) mass is 389 g/mol. The van der Waals surface area contributed by atoms with Gasteiger partial charge in [0.1, 0.15) is 19.0 Å². The molecule has 0 heterocycles. The summed E-state index contributed by atoms with van der Waals surface area (Å²) in [5.74, 6) is -0.843. The van der Waals surface area contributed by atoms with Gasteiger partial charge in [-0.2, -0.15) is 0 Å². The van der Waals surface area contributed by atoms with Crippen LogP contribution in [0.3, 0.4) is 0 Å². The SMILES string of the molecule is C=C(C)C(=O)OCCOC(=O)c1ccc2cc(O)ccc2c1.[Y]. The van der Waals surface area contributed by atoms with E-state index < -0.39 is 11.9 Å². The summed E-state index contributed by atoms with van der Waals surface area (Å²) >= 11 is 0. The van der Waals surface area contributed by atoms with E-state index in [4.69, 9.17) is 9.47 Å². The van der Waals surface area contributed by atoms with Crippen molar-refractivity contribution in [2.75, 3.05) is 13.2 Å². The van der Waals surface area contributed by atoms with Crippen LogP contribution in [0.15, 0.2) is 48.6 Å². The van der Waals surface area contributed by atoms with Crippen molar-refractivity contribution in [2.45, 2.75) is 6.92 Å². The molecule has 2 aromatic rings. The summed E-state index contributed by atoms with van der Waals surface area (Å²) in [6, 6.07) is 9.90. The average Bonchev–Trinajstić information content (AvgIpc) is 2.50. The second-order valence-corrected chi connectivity index (χ2v) is 4.80. The van der Waals surface area contributed by atoms with Gasteiger partial charge in [-0.05, 0) is 42.0 Å². The minimum absolute atomic E-state index is 0. The van der Waals surface area contributed by atoms with E-state index in [2.05, 4.69) is 6.58 Å². The maximum absolute atomic E-state index is 11.9. The van der Waals surface area contributed by atoms with Crippen LogP contribution in [-0.4, -0.2) is 30.3 Å². The minimum atomic E-state index is -0.512. The molecule has 0 aliphatic heterocycles. The fourth-order valence-corrected chi connectivity index (χ4v) is 1.84. The standard InChI is InChI=1S/C17H16O5.Y/c1-11(2)16(19)21-7-8-22-17(20)14-4-3-13-10-15(18)6-5-12(13)9-14;/h3-6,9-10,18H,1,7-8H2,2H3;. The number of esters is 2. The molecular weight excluding hydrogens is 373 g/mol. The molecule has 0 atom stereocenters. The quantitative estimate of drug-likeness (QED) is 0.484. The Balaban J connectivity index is 0.00000264. The fraction of sp³-hybridized carbons (Fsp3) is 0.176. The number of phenols is 1. The zero-order valence-electron chi connectivity index (χ0n) is 12.7. The number of aromatic hydroxyl groups is 1. The van der Waals surface area contributed by atoms with E-state index in [1.54, 1.807) is 43.3 Å². The third-order valence-electron chi connectivity index (χ3n) is 2.96. The van der Waals surface area contributed by atoms with Gasteiger partial charge in [0.25, 0.3) is 0 Å². The van der Waals surface area contributed by atoms with Crippen LogP contribution in [0, 0.1) is 0 Å². The summed E-state index contributed by atoms with van der Waals surface area (Å²) in [6.45, 7) is 4.96. The molecule has 0 bridgehead atoms. The normalized spacial score (nSPS) is 9.78. The Labute approximate surface area is 159 Å². The van der Waals surface area contributed by atoms with E-state index in [0.717, 1.165) is 10.8 Å². The first-order chi connectivity index (χ1) is 10.5. The van der Waals surface area contributed by atoms with Gasteiger partial charge in [0.05, 0.1) is 5.56 Å². The molecule has 0 spiro atoms. The molecule has 2 rings (SSSR count). The number of carbonyl (C=O) groups is 2. The first kappa shape index (κ1) is 19.3. The second kappa shape index (κ2) is 8.80. The molecule has 0 aromatic heterocycles. The van der Waals surface area contributed by atoms with Crippen molar-refractivity contribution in [2.24, 2.45) is 0 Å².